The van der Waals surface area contributed by atoms with Gasteiger partial charge in [0.15, 0.2) is 5.16 Å². The second-order valence-corrected chi connectivity index (χ2v) is 8.38. The van der Waals surface area contributed by atoms with E-state index in [1.54, 1.807) is 27.7 Å². The van der Waals surface area contributed by atoms with Gasteiger partial charge in [0.25, 0.3) is 5.56 Å². The molecule has 0 bridgehead atoms. The molecule has 2 heterocycles. The highest BCUT2D eigenvalue weighted by Gasteiger charge is 2.18. The van der Waals surface area contributed by atoms with Crippen LogP contribution in [0.1, 0.15) is 43.2 Å². The summed E-state index contributed by atoms with van der Waals surface area (Å²) in [4.78, 5) is 20.4. The first-order valence-corrected chi connectivity index (χ1v) is 10.7. The first-order valence-electron chi connectivity index (χ1n) is 8.87. The van der Waals surface area contributed by atoms with Gasteiger partial charge in [0.2, 0.25) is 0 Å². The smallest absolute Gasteiger partial charge is 0.267 e. The molecule has 1 aromatic carbocycles. The lowest BCUT2D eigenvalue weighted by Gasteiger charge is -2.12. The van der Waals surface area contributed by atoms with Gasteiger partial charge in [-0.3, -0.25) is 9.36 Å². The van der Waals surface area contributed by atoms with Gasteiger partial charge < -0.3 is 0 Å². The van der Waals surface area contributed by atoms with Crippen LogP contribution in [0.2, 0.25) is 0 Å². The molecule has 3 rings (SSSR count). The zero-order valence-electron chi connectivity index (χ0n) is 15.3. The van der Waals surface area contributed by atoms with Crippen LogP contribution >= 0.6 is 23.1 Å². The molecule has 25 heavy (non-hydrogen) atoms. The molecule has 5 heteroatoms. The summed E-state index contributed by atoms with van der Waals surface area (Å²) in [5.41, 5.74) is 3.33. The van der Waals surface area contributed by atoms with Crippen LogP contribution in [-0.4, -0.2) is 15.3 Å². The molecule has 0 saturated carbocycles. The minimum Gasteiger partial charge on any atom is -0.268 e. The van der Waals surface area contributed by atoms with E-state index in [-0.39, 0.29) is 5.56 Å². The maximum atomic E-state index is 13.3. The molecule has 3 aromatic rings. The van der Waals surface area contributed by atoms with Crippen molar-refractivity contribution in [1.29, 1.82) is 0 Å². The third-order valence-corrected chi connectivity index (χ3v) is 6.45. The predicted molar refractivity (Wildman–Crippen MR) is 110 cm³/mol. The second-order valence-electron chi connectivity index (χ2n) is 6.07. The van der Waals surface area contributed by atoms with Crippen molar-refractivity contribution in [3.8, 4) is 5.69 Å². The maximum absolute atomic E-state index is 13.3. The summed E-state index contributed by atoms with van der Waals surface area (Å²) < 4.78 is 1.78. The van der Waals surface area contributed by atoms with Crippen LogP contribution in [0.4, 0.5) is 0 Å². The second kappa shape index (κ2) is 7.75. The molecule has 0 saturated heterocycles. The first-order chi connectivity index (χ1) is 12.1. The Morgan fingerprint density at radius 2 is 1.88 bits per heavy atom. The number of nitrogens with zero attached hydrogens (tertiary/aromatic N) is 2. The van der Waals surface area contributed by atoms with Gasteiger partial charge >= 0.3 is 0 Å². The quantitative estimate of drug-likeness (QED) is 0.430. The molecular weight excluding hydrogens is 348 g/mol. The van der Waals surface area contributed by atoms with Crippen molar-refractivity contribution < 1.29 is 0 Å². The van der Waals surface area contributed by atoms with Crippen molar-refractivity contribution >= 4 is 33.3 Å². The lowest BCUT2D eigenvalue weighted by Crippen LogP contribution is -2.21. The van der Waals surface area contributed by atoms with Gasteiger partial charge in [-0.25, -0.2) is 4.98 Å². The van der Waals surface area contributed by atoms with E-state index in [9.17, 15) is 4.79 Å². The maximum Gasteiger partial charge on any atom is 0.267 e. The lowest BCUT2D eigenvalue weighted by molar-refractivity contribution is 0.821. The monoisotopic (exact) mass is 372 g/mol. The predicted octanol–water partition coefficient (Wildman–Crippen LogP) is 5.38. The molecule has 0 unspecified atom stereocenters. The van der Waals surface area contributed by atoms with Gasteiger partial charge in [0, 0.05) is 4.88 Å². The minimum absolute atomic E-state index is 0.0568. The number of hydrogen-bond acceptors (Lipinski definition) is 4. The highest BCUT2D eigenvalue weighted by atomic mass is 32.2. The van der Waals surface area contributed by atoms with Crippen LogP contribution in [0.25, 0.3) is 15.9 Å². The number of benzene rings is 1. The number of aromatic nitrogens is 2. The third kappa shape index (κ3) is 3.40. The largest absolute Gasteiger partial charge is 0.268 e. The molecule has 2 aromatic heterocycles. The molecule has 0 radical (unpaired) electrons. The molecule has 0 fully saturated rings. The van der Waals surface area contributed by atoms with E-state index in [0.29, 0.717) is 0 Å². The Morgan fingerprint density at radius 3 is 2.48 bits per heavy atom. The molecular formula is C20H24N2OS2. The summed E-state index contributed by atoms with van der Waals surface area (Å²) in [7, 11) is 0. The van der Waals surface area contributed by atoms with E-state index >= 15 is 0 Å². The lowest BCUT2D eigenvalue weighted by atomic mass is 10.1. The minimum atomic E-state index is 0.0568. The average Bonchev–Trinajstić information content (AvgIpc) is 2.92. The molecule has 0 aliphatic carbocycles. The summed E-state index contributed by atoms with van der Waals surface area (Å²) in [6.45, 7) is 8.46. The molecule has 3 nitrogen and oxygen atoms in total. The van der Waals surface area contributed by atoms with E-state index in [1.807, 2.05) is 12.1 Å². The Bertz CT molecular complexity index is 939. The Labute approximate surface area is 157 Å². The van der Waals surface area contributed by atoms with Crippen LogP contribution < -0.4 is 5.56 Å². The highest BCUT2D eigenvalue weighted by molar-refractivity contribution is 7.99. The number of thioether (sulfide) groups is 1. The van der Waals surface area contributed by atoms with Gasteiger partial charge in [-0.1, -0.05) is 51.1 Å². The molecule has 0 atom stereocenters. The van der Waals surface area contributed by atoms with Crippen LogP contribution in [0, 0.1) is 6.92 Å². The first kappa shape index (κ1) is 18.2. The van der Waals surface area contributed by atoms with E-state index in [2.05, 4.69) is 39.8 Å². The summed E-state index contributed by atoms with van der Waals surface area (Å²) in [5.74, 6) is 0.886. The van der Waals surface area contributed by atoms with Crippen molar-refractivity contribution in [3.05, 3.63) is 50.6 Å². The van der Waals surface area contributed by atoms with Crippen LogP contribution in [0.3, 0.4) is 0 Å². The van der Waals surface area contributed by atoms with Crippen LogP contribution in [0.5, 0.6) is 0 Å². The summed E-state index contributed by atoms with van der Waals surface area (Å²) >= 11 is 3.30. The van der Waals surface area contributed by atoms with Crippen LogP contribution in [0.15, 0.2) is 34.2 Å². The van der Waals surface area contributed by atoms with Crippen LogP contribution in [-0.2, 0) is 12.8 Å². The molecule has 0 amide bonds. The van der Waals surface area contributed by atoms with Crippen molar-refractivity contribution in [2.45, 2.75) is 52.1 Å². The molecule has 132 valence electrons. The zero-order chi connectivity index (χ0) is 18.0. The highest BCUT2D eigenvalue weighted by Crippen LogP contribution is 2.31. The van der Waals surface area contributed by atoms with Gasteiger partial charge in [-0.15, -0.1) is 11.3 Å². The Kier molecular flexibility index (Phi) is 5.64. The fourth-order valence-electron chi connectivity index (χ4n) is 3.01. The molecule has 0 aliphatic rings. The van der Waals surface area contributed by atoms with E-state index in [4.69, 9.17) is 4.98 Å². The van der Waals surface area contributed by atoms with Crippen molar-refractivity contribution in [2.75, 3.05) is 5.75 Å². The van der Waals surface area contributed by atoms with Gasteiger partial charge in [-0.2, -0.15) is 0 Å². The van der Waals surface area contributed by atoms with E-state index < -0.39 is 0 Å². The Balaban J connectivity index is 2.27. The average molecular weight is 373 g/mol. The Morgan fingerprint density at radius 1 is 1.16 bits per heavy atom. The van der Waals surface area contributed by atoms with Crippen molar-refractivity contribution in [2.24, 2.45) is 0 Å². The number of aryl methyl sites for hydroxylation is 3. The number of thiophene rings is 1. The van der Waals surface area contributed by atoms with Crippen molar-refractivity contribution in [3.63, 3.8) is 0 Å². The normalized spacial score (nSPS) is 11.4. The summed E-state index contributed by atoms with van der Waals surface area (Å²) in [6, 6.07) is 8.24. The Hall–Kier alpha value is -1.59. The number of rotatable bonds is 6. The van der Waals surface area contributed by atoms with E-state index in [0.717, 1.165) is 51.6 Å². The zero-order valence-corrected chi connectivity index (χ0v) is 16.9. The molecule has 0 aliphatic heterocycles. The number of hydrogen-bond donors (Lipinski definition) is 0. The molecule has 0 N–H and O–H groups in total. The standard InChI is InChI=1S/C20H24N2OS2/c1-5-8-16-13(4)17-18(25-16)21-20(24-7-3)22(19(17)23)15-11-9-14(6-2)10-12-15/h9-12H,5-8H2,1-4H3. The van der Waals surface area contributed by atoms with Gasteiger partial charge in [0.1, 0.15) is 4.83 Å². The third-order valence-electron chi connectivity index (χ3n) is 4.39. The van der Waals surface area contributed by atoms with Gasteiger partial charge in [0.05, 0.1) is 11.1 Å². The fraction of sp³-hybridized carbons (Fsp3) is 0.400. The van der Waals surface area contributed by atoms with E-state index in [1.165, 1.54) is 10.4 Å². The molecule has 0 spiro atoms. The SMILES string of the molecule is CCCc1sc2nc(SCC)n(-c3ccc(CC)cc3)c(=O)c2c1C. The fourth-order valence-corrected chi connectivity index (χ4v) is 5.07. The van der Waals surface area contributed by atoms with Crippen molar-refractivity contribution in [1.82, 2.24) is 9.55 Å². The topological polar surface area (TPSA) is 34.9 Å². The summed E-state index contributed by atoms with van der Waals surface area (Å²) in [6.07, 6.45) is 3.08. The number of fused-ring (bicyclic) bond motifs is 1. The summed E-state index contributed by atoms with van der Waals surface area (Å²) in [5, 5.41) is 1.57. The van der Waals surface area contributed by atoms with Gasteiger partial charge in [-0.05, 0) is 48.8 Å².